The smallest absolute Gasteiger partial charge is 0.325 e. The van der Waals surface area contributed by atoms with E-state index in [4.69, 9.17) is 4.74 Å². The van der Waals surface area contributed by atoms with E-state index >= 15 is 0 Å². The van der Waals surface area contributed by atoms with Gasteiger partial charge in [0.25, 0.3) is 5.91 Å². The number of hydrogen-bond acceptors (Lipinski definition) is 5. The molecule has 1 aromatic heterocycles. The van der Waals surface area contributed by atoms with Crippen LogP contribution in [-0.4, -0.2) is 35.8 Å². The third-order valence-electron chi connectivity index (χ3n) is 4.55. The maximum absolute atomic E-state index is 12.9. The van der Waals surface area contributed by atoms with Crippen LogP contribution in [0.3, 0.4) is 0 Å². The fourth-order valence-electron chi connectivity index (χ4n) is 3.12. The second kappa shape index (κ2) is 9.69. The van der Waals surface area contributed by atoms with E-state index in [0.29, 0.717) is 12.3 Å². The van der Waals surface area contributed by atoms with Gasteiger partial charge in [-0.05, 0) is 44.2 Å². The second-order valence-electron chi connectivity index (χ2n) is 6.56. The number of benzene rings is 2. The number of carbonyl (C=O) groups excluding carboxylic acids is 2. The molecular formula is C22H23FN4O3. The number of esters is 1. The van der Waals surface area contributed by atoms with Crippen LogP contribution in [0.5, 0.6) is 0 Å². The van der Waals surface area contributed by atoms with Crippen molar-refractivity contribution in [2.75, 3.05) is 18.5 Å². The standard InChI is InChI=1S/C22H23FN4O3/c1-3-30-22(29)14-27-15(2)19(18-6-4-5-7-20(18)27)12-25-26-21(28)13-24-17-10-8-16(23)9-11-17/h4-12,24H,3,13-14H2,1-2H3,(H,26,28)/b25-12-. The van der Waals surface area contributed by atoms with Crippen LogP contribution in [0.4, 0.5) is 10.1 Å². The molecule has 2 aromatic carbocycles. The van der Waals surface area contributed by atoms with Crippen molar-refractivity contribution >= 4 is 34.7 Å². The van der Waals surface area contributed by atoms with Crippen molar-refractivity contribution < 1.29 is 18.7 Å². The number of nitrogens with zero attached hydrogens (tertiary/aromatic N) is 2. The quantitative estimate of drug-likeness (QED) is 0.339. The Kier molecular flexibility index (Phi) is 6.79. The maximum Gasteiger partial charge on any atom is 0.325 e. The number of aromatic nitrogens is 1. The summed E-state index contributed by atoms with van der Waals surface area (Å²) < 4.78 is 19.8. The number of amides is 1. The van der Waals surface area contributed by atoms with Crippen molar-refractivity contribution in [3.05, 3.63) is 65.6 Å². The van der Waals surface area contributed by atoms with E-state index < -0.39 is 0 Å². The van der Waals surface area contributed by atoms with Crippen molar-refractivity contribution in [2.24, 2.45) is 5.10 Å². The van der Waals surface area contributed by atoms with Gasteiger partial charge < -0.3 is 14.6 Å². The minimum Gasteiger partial charge on any atom is -0.465 e. The molecule has 0 aliphatic rings. The van der Waals surface area contributed by atoms with E-state index in [1.165, 1.54) is 12.1 Å². The molecule has 0 radical (unpaired) electrons. The highest BCUT2D eigenvalue weighted by Crippen LogP contribution is 2.24. The van der Waals surface area contributed by atoms with Gasteiger partial charge in [0, 0.05) is 27.8 Å². The van der Waals surface area contributed by atoms with Crippen molar-refractivity contribution in [1.29, 1.82) is 0 Å². The number of carbonyl (C=O) groups is 2. The lowest BCUT2D eigenvalue weighted by molar-refractivity contribution is -0.143. The molecule has 0 spiro atoms. The molecule has 0 atom stereocenters. The zero-order valence-corrected chi connectivity index (χ0v) is 16.8. The first-order valence-electron chi connectivity index (χ1n) is 9.54. The average Bonchev–Trinajstić information content (AvgIpc) is 2.99. The second-order valence-corrected chi connectivity index (χ2v) is 6.56. The van der Waals surface area contributed by atoms with Gasteiger partial charge in [0.2, 0.25) is 0 Å². The van der Waals surface area contributed by atoms with Gasteiger partial charge in [-0.2, -0.15) is 5.10 Å². The fraction of sp³-hybridized carbons (Fsp3) is 0.227. The molecule has 3 rings (SSSR count). The molecule has 30 heavy (non-hydrogen) atoms. The minimum absolute atomic E-state index is 0.00737. The summed E-state index contributed by atoms with van der Waals surface area (Å²) in [6.07, 6.45) is 1.56. The Hall–Kier alpha value is -3.68. The van der Waals surface area contributed by atoms with Gasteiger partial charge >= 0.3 is 5.97 Å². The molecule has 0 bridgehead atoms. The molecule has 0 aliphatic heterocycles. The number of hydrazone groups is 1. The molecule has 2 N–H and O–H groups in total. The molecule has 3 aromatic rings. The Labute approximate surface area is 173 Å². The Balaban J connectivity index is 1.69. The van der Waals surface area contributed by atoms with Crippen LogP contribution < -0.4 is 10.7 Å². The van der Waals surface area contributed by atoms with Crippen LogP contribution in [-0.2, 0) is 20.9 Å². The Morgan fingerprint density at radius 1 is 1.17 bits per heavy atom. The summed E-state index contributed by atoms with van der Waals surface area (Å²) in [5, 5.41) is 7.86. The number of hydrogen-bond donors (Lipinski definition) is 2. The lowest BCUT2D eigenvalue weighted by Gasteiger charge is -2.07. The highest BCUT2D eigenvalue weighted by Gasteiger charge is 2.15. The van der Waals surface area contributed by atoms with Crippen LogP contribution >= 0.6 is 0 Å². The lowest BCUT2D eigenvalue weighted by Crippen LogP contribution is -2.25. The number of anilines is 1. The zero-order chi connectivity index (χ0) is 21.5. The summed E-state index contributed by atoms with van der Waals surface area (Å²) in [4.78, 5) is 24.0. The first-order chi connectivity index (χ1) is 14.5. The molecule has 8 heteroatoms. The molecule has 0 saturated carbocycles. The topological polar surface area (TPSA) is 84.7 Å². The SMILES string of the molecule is CCOC(=O)Cn1c(C)c(/C=N\NC(=O)CNc2ccc(F)cc2)c2ccccc21. The summed E-state index contributed by atoms with van der Waals surface area (Å²) >= 11 is 0. The summed E-state index contributed by atoms with van der Waals surface area (Å²) in [5.74, 6) is -0.999. The van der Waals surface area contributed by atoms with Gasteiger partial charge in [-0.1, -0.05) is 18.2 Å². The van der Waals surface area contributed by atoms with E-state index in [0.717, 1.165) is 22.2 Å². The number of rotatable bonds is 8. The molecule has 1 amide bonds. The molecule has 0 unspecified atom stereocenters. The minimum atomic E-state index is -0.344. The van der Waals surface area contributed by atoms with Crippen LogP contribution in [0.15, 0.2) is 53.6 Å². The Morgan fingerprint density at radius 2 is 1.90 bits per heavy atom. The van der Waals surface area contributed by atoms with Crippen molar-refractivity contribution in [1.82, 2.24) is 9.99 Å². The number of fused-ring (bicyclic) bond motifs is 1. The first kappa shape index (κ1) is 21.0. The lowest BCUT2D eigenvalue weighted by atomic mass is 10.1. The molecule has 0 fully saturated rings. The summed E-state index contributed by atoms with van der Waals surface area (Å²) in [6.45, 7) is 4.07. The van der Waals surface area contributed by atoms with Crippen molar-refractivity contribution in [3.63, 3.8) is 0 Å². The Morgan fingerprint density at radius 3 is 2.63 bits per heavy atom. The molecule has 7 nitrogen and oxygen atoms in total. The van der Waals surface area contributed by atoms with Crippen LogP contribution in [0.1, 0.15) is 18.2 Å². The van der Waals surface area contributed by atoms with Gasteiger partial charge in [-0.15, -0.1) is 0 Å². The molecule has 0 aliphatic carbocycles. The number of halogens is 1. The fourth-order valence-corrected chi connectivity index (χ4v) is 3.12. The molecule has 0 saturated heterocycles. The van der Waals surface area contributed by atoms with E-state index in [-0.39, 0.29) is 30.8 Å². The first-order valence-corrected chi connectivity index (χ1v) is 9.54. The summed E-state index contributed by atoms with van der Waals surface area (Å²) in [5.41, 5.74) is 5.63. The van der Waals surface area contributed by atoms with E-state index in [1.54, 1.807) is 25.3 Å². The van der Waals surface area contributed by atoms with Gasteiger partial charge in [-0.3, -0.25) is 9.59 Å². The highest BCUT2D eigenvalue weighted by molar-refractivity contribution is 6.01. The number of para-hydroxylation sites is 1. The summed E-state index contributed by atoms with van der Waals surface area (Å²) in [7, 11) is 0. The highest BCUT2D eigenvalue weighted by atomic mass is 19.1. The van der Waals surface area contributed by atoms with E-state index in [2.05, 4.69) is 15.8 Å². The predicted molar refractivity (Wildman–Crippen MR) is 114 cm³/mol. The largest absolute Gasteiger partial charge is 0.465 e. The van der Waals surface area contributed by atoms with E-state index in [9.17, 15) is 14.0 Å². The third-order valence-corrected chi connectivity index (χ3v) is 4.55. The predicted octanol–water partition coefficient (Wildman–Crippen LogP) is 3.21. The van der Waals surface area contributed by atoms with Crippen LogP contribution in [0.2, 0.25) is 0 Å². The summed E-state index contributed by atoms with van der Waals surface area (Å²) in [6, 6.07) is 13.4. The zero-order valence-electron chi connectivity index (χ0n) is 16.8. The van der Waals surface area contributed by atoms with Gasteiger partial charge in [0.05, 0.1) is 19.4 Å². The van der Waals surface area contributed by atoms with Gasteiger partial charge in [0.1, 0.15) is 12.4 Å². The van der Waals surface area contributed by atoms with E-state index in [1.807, 2.05) is 35.8 Å². The van der Waals surface area contributed by atoms with Crippen molar-refractivity contribution in [2.45, 2.75) is 20.4 Å². The monoisotopic (exact) mass is 410 g/mol. The molecular weight excluding hydrogens is 387 g/mol. The number of ether oxygens (including phenoxy) is 1. The third kappa shape index (κ3) is 5.02. The van der Waals surface area contributed by atoms with Gasteiger partial charge in [-0.25, -0.2) is 9.82 Å². The number of nitrogens with one attached hydrogen (secondary N) is 2. The molecule has 1 heterocycles. The average molecular weight is 410 g/mol. The van der Waals surface area contributed by atoms with Crippen molar-refractivity contribution in [3.8, 4) is 0 Å². The van der Waals surface area contributed by atoms with Crippen LogP contribution in [0.25, 0.3) is 10.9 Å². The van der Waals surface area contributed by atoms with Crippen LogP contribution in [0, 0.1) is 12.7 Å². The Bertz CT molecular complexity index is 1070. The van der Waals surface area contributed by atoms with Gasteiger partial charge in [0.15, 0.2) is 0 Å². The normalized spacial score (nSPS) is 11.0. The molecule has 156 valence electrons. The maximum atomic E-state index is 12.9.